The van der Waals surface area contributed by atoms with E-state index in [1.807, 2.05) is 50.2 Å². The molecular formula is C16H14N6OS. The van der Waals surface area contributed by atoms with Gasteiger partial charge in [-0.15, -0.1) is 15.3 Å². The molecule has 0 saturated carbocycles. The molecule has 0 aliphatic carbocycles. The summed E-state index contributed by atoms with van der Waals surface area (Å²) in [7, 11) is 0. The van der Waals surface area contributed by atoms with Crippen molar-refractivity contribution in [3.63, 3.8) is 0 Å². The van der Waals surface area contributed by atoms with E-state index in [0.29, 0.717) is 28.5 Å². The van der Waals surface area contributed by atoms with Crippen LogP contribution in [0.1, 0.15) is 17.3 Å². The van der Waals surface area contributed by atoms with Gasteiger partial charge in [0.05, 0.1) is 5.75 Å². The number of hydrogen-bond donors (Lipinski definition) is 0. The van der Waals surface area contributed by atoms with Crippen LogP contribution in [0.5, 0.6) is 0 Å². The summed E-state index contributed by atoms with van der Waals surface area (Å²) < 4.78 is 7.42. The highest BCUT2D eigenvalue weighted by atomic mass is 32.2. The van der Waals surface area contributed by atoms with Crippen LogP contribution in [0.2, 0.25) is 0 Å². The van der Waals surface area contributed by atoms with Gasteiger partial charge in [-0.1, -0.05) is 30.0 Å². The van der Waals surface area contributed by atoms with Gasteiger partial charge in [-0.25, -0.2) is 9.50 Å². The number of aryl methyl sites for hydroxylation is 2. The van der Waals surface area contributed by atoms with Crippen molar-refractivity contribution in [2.75, 3.05) is 0 Å². The van der Waals surface area contributed by atoms with Crippen molar-refractivity contribution in [1.29, 1.82) is 0 Å². The first kappa shape index (κ1) is 14.8. The molecule has 0 aliphatic rings. The fourth-order valence-electron chi connectivity index (χ4n) is 2.34. The Hall–Kier alpha value is -2.74. The first-order valence-electron chi connectivity index (χ1n) is 7.41. The van der Waals surface area contributed by atoms with Crippen molar-refractivity contribution in [3.8, 4) is 11.5 Å². The molecule has 0 bridgehead atoms. The molecule has 3 aromatic heterocycles. The van der Waals surface area contributed by atoms with Crippen LogP contribution in [-0.4, -0.2) is 29.8 Å². The zero-order valence-corrected chi connectivity index (χ0v) is 14.0. The second kappa shape index (κ2) is 6.04. The van der Waals surface area contributed by atoms with E-state index in [2.05, 4.69) is 25.3 Å². The van der Waals surface area contributed by atoms with E-state index >= 15 is 0 Å². The van der Waals surface area contributed by atoms with Gasteiger partial charge in [-0.2, -0.15) is 4.98 Å². The molecule has 0 spiro atoms. The largest absolute Gasteiger partial charge is 0.420 e. The summed E-state index contributed by atoms with van der Waals surface area (Å²) in [6.45, 7) is 3.92. The van der Waals surface area contributed by atoms with E-state index in [9.17, 15) is 0 Å². The molecule has 0 saturated heterocycles. The van der Waals surface area contributed by atoms with E-state index in [0.717, 1.165) is 17.0 Å². The van der Waals surface area contributed by atoms with E-state index in [1.54, 1.807) is 4.52 Å². The Morgan fingerprint density at radius 3 is 2.75 bits per heavy atom. The van der Waals surface area contributed by atoms with E-state index in [-0.39, 0.29) is 0 Å². The Labute approximate surface area is 142 Å². The highest BCUT2D eigenvalue weighted by Crippen LogP contribution is 2.22. The lowest BCUT2D eigenvalue weighted by Crippen LogP contribution is -1.97. The molecule has 0 unspecified atom stereocenters. The fraction of sp³-hybridized carbons (Fsp3) is 0.188. The first-order chi connectivity index (χ1) is 11.7. The molecule has 0 amide bonds. The summed E-state index contributed by atoms with van der Waals surface area (Å²) in [5, 5.41) is 13.2. The normalized spacial score (nSPS) is 11.2. The van der Waals surface area contributed by atoms with Gasteiger partial charge in [-0.3, -0.25) is 0 Å². The highest BCUT2D eigenvalue weighted by Gasteiger charge is 2.12. The Balaban J connectivity index is 1.51. The van der Waals surface area contributed by atoms with Crippen LogP contribution in [0.4, 0.5) is 0 Å². The van der Waals surface area contributed by atoms with Crippen molar-refractivity contribution in [1.82, 2.24) is 29.8 Å². The van der Waals surface area contributed by atoms with Crippen molar-refractivity contribution in [2.24, 2.45) is 0 Å². The molecule has 0 radical (unpaired) electrons. The third-order valence-electron chi connectivity index (χ3n) is 3.41. The smallest absolute Gasteiger partial charge is 0.253 e. The third-order valence-corrected chi connectivity index (χ3v) is 4.23. The minimum absolute atomic E-state index is 0.509. The molecule has 3 heterocycles. The molecule has 7 nitrogen and oxygen atoms in total. The molecule has 0 N–H and O–H groups in total. The average Bonchev–Trinajstić information content (AvgIpc) is 3.20. The van der Waals surface area contributed by atoms with Crippen molar-refractivity contribution >= 4 is 17.5 Å². The minimum atomic E-state index is 0.509. The van der Waals surface area contributed by atoms with Gasteiger partial charge in [0.1, 0.15) is 0 Å². The number of rotatable bonds is 4. The summed E-state index contributed by atoms with van der Waals surface area (Å²) in [5.41, 5.74) is 2.83. The molecule has 0 fully saturated rings. The van der Waals surface area contributed by atoms with Crippen LogP contribution in [0.15, 0.2) is 46.0 Å². The van der Waals surface area contributed by atoms with E-state index in [4.69, 9.17) is 4.42 Å². The summed E-state index contributed by atoms with van der Waals surface area (Å²) in [6.07, 6.45) is 0. The van der Waals surface area contributed by atoms with Gasteiger partial charge in [0.25, 0.3) is 5.78 Å². The zero-order chi connectivity index (χ0) is 16.5. The SMILES string of the molecule is Cc1cc(C)n2nc(SCc3nnc(-c4ccccc4)o3)nc2n1. The third kappa shape index (κ3) is 2.88. The predicted molar refractivity (Wildman–Crippen MR) is 89.6 cm³/mol. The average molecular weight is 338 g/mol. The van der Waals surface area contributed by atoms with Gasteiger partial charge in [0.15, 0.2) is 0 Å². The summed E-state index contributed by atoms with van der Waals surface area (Å²) >= 11 is 1.44. The molecule has 4 aromatic rings. The standard InChI is InChI=1S/C16H14N6OS/c1-10-8-11(2)22-15(17-10)18-16(21-22)24-9-13-19-20-14(23-13)12-6-4-3-5-7-12/h3-8H,9H2,1-2H3. The Morgan fingerprint density at radius 2 is 1.92 bits per heavy atom. The maximum absolute atomic E-state index is 5.69. The fourth-order valence-corrected chi connectivity index (χ4v) is 3.00. The number of fused-ring (bicyclic) bond motifs is 1. The van der Waals surface area contributed by atoms with Crippen LogP contribution >= 0.6 is 11.8 Å². The van der Waals surface area contributed by atoms with Crippen LogP contribution in [0.3, 0.4) is 0 Å². The molecule has 4 rings (SSSR count). The van der Waals surface area contributed by atoms with Crippen molar-refractivity contribution in [2.45, 2.75) is 24.8 Å². The quantitative estimate of drug-likeness (QED) is 0.529. The van der Waals surface area contributed by atoms with E-state index < -0.39 is 0 Å². The van der Waals surface area contributed by atoms with Gasteiger partial charge < -0.3 is 4.42 Å². The van der Waals surface area contributed by atoms with Crippen LogP contribution in [0, 0.1) is 13.8 Å². The number of aromatic nitrogens is 6. The monoisotopic (exact) mass is 338 g/mol. The molecule has 0 atom stereocenters. The van der Waals surface area contributed by atoms with Crippen molar-refractivity contribution < 1.29 is 4.42 Å². The molecule has 120 valence electrons. The summed E-state index contributed by atoms with van der Waals surface area (Å²) in [5.74, 6) is 2.17. The topological polar surface area (TPSA) is 82.0 Å². The Bertz CT molecular complexity index is 994. The van der Waals surface area contributed by atoms with Gasteiger partial charge in [-0.05, 0) is 32.0 Å². The Kier molecular flexibility index (Phi) is 3.73. The molecule has 1 aromatic carbocycles. The maximum Gasteiger partial charge on any atom is 0.253 e. The number of nitrogens with zero attached hydrogens (tertiary/aromatic N) is 6. The second-order valence-corrected chi connectivity index (χ2v) is 6.24. The lowest BCUT2D eigenvalue weighted by atomic mass is 10.2. The van der Waals surface area contributed by atoms with Gasteiger partial charge in [0.2, 0.25) is 16.9 Å². The summed E-state index contributed by atoms with van der Waals surface area (Å²) in [6, 6.07) is 11.7. The van der Waals surface area contributed by atoms with Crippen molar-refractivity contribution in [3.05, 3.63) is 53.7 Å². The minimum Gasteiger partial charge on any atom is -0.420 e. The predicted octanol–water partition coefficient (Wildman–Crippen LogP) is 3.08. The number of benzene rings is 1. The van der Waals surface area contributed by atoms with Gasteiger partial charge >= 0.3 is 0 Å². The number of thioether (sulfide) groups is 1. The first-order valence-corrected chi connectivity index (χ1v) is 8.39. The van der Waals surface area contributed by atoms with E-state index in [1.165, 1.54) is 11.8 Å². The van der Waals surface area contributed by atoms with Gasteiger partial charge in [0, 0.05) is 17.0 Å². The lowest BCUT2D eigenvalue weighted by molar-refractivity contribution is 0.528. The Morgan fingerprint density at radius 1 is 1.08 bits per heavy atom. The maximum atomic E-state index is 5.69. The van der Waals surface area contributed by atoms with Crippen LogP contribution in [-0.2, 0) is 5.75 Å². The molecule has 8 heteroatoms. The van der Waals surface area contributed by atoms with Crippen LogP contribution in [0.25, 0.3) is 17.2 Å². The highest BCUT2D eigenvalue weighted by molar-refractivity contribution is 7.98. The molecule has 24 heavy (non-hydrogen) atoms. The molecular weight excluding hydrogens is 324 g/mol. The zero-order valence-electron chi connectivity index (χ0n) is 13.2. The second-order valence-electron chi connectivity index (χ2n) is 5.30. The number of hydrogen-bond acceptors (Lipinski definition) is 7. The molecule has 0 aliphatic heterocycles. The summed E-state index contributed by atoms with van der Waals surface area (Å²) in [4.78, 5) is 8.81. The lowest BCUT2D eigenvalue weighted by Gasteiger charge is -1.97. The van der Waals surface area contributed by atoms with Crippen LogP contribution < -0.4 is 0 Å².